The lowest BCUT2D eigenvalue weighted by molar-refractivity contribution is 0.0786. The van der Waals surface area contributed by atoms with Crippen molar-refractivity contribution in [3.05, 3.63) is 78.6 Å². The number of nitrogens with zero attached hydrogens (tertiary/aromatic N) is 2. The van der Waals surface area contributed by atoms with Crippen LogP contribution in [0.5, 0.6) is 5.75 Å². The Kier molecular flexibility index (Phi) is 4.89. The molecule has 4 heteroatoms. The van der Waals surface area contributed by atoms with Crippen molar-refractivity contribution in [3.8, 4) is 28.1 Å². The van der Waals surface area contributed by atoms with Crippen LogP contribution in [-0.2, 0) is 5.60 Å². The van der Waals surface area contributed by atoms with E-state index >= 15 is 0 Å². The van der Waals surface area contributed by atoms with E-state index in [1.54, 1.807) is 13.8 Å². The lowest BCUT2D eigenvalue weighted by atomic mass is 9.96. The molecule has 0 radical (unpaired) electrons. The molecule has 2 aromatic heterocycles. The number of imidazole rings is 1. The highest BCUT2D eigenvalue weighted by molar-refractivity contribution is 5.69. The van der Waals surface area contributed by atoms with Crippen molar-refractivity contribution in [1.29, 1.82) is 0 Å². The van der Waals surface area contributed by atoms with E-state index in [9.17, 15) is 5.11 Å². The summed E-state index contributed by atoms with van der Waals surface area (Å²) in [6.07, 6.45) is 4.16. The van der Waals surface area contributed by atoms with E-state index in [0.29, 0.717) is 0 Å². The van der Waals surface area contributed by atoms with Crippen LogP contribution in [0.25, 0.3) is 28.0 Å². The summed E-state index contributed by atoms with van der Waals surface area (Å²) < 4.78 is 7.85. The van der Waals surface area contributed by atoms with Gasteiger partial charge in [0.05, 0.1) is 23.6 Å². The standard InChI is InChI=1S/C25H26N2O2/c1-17(2)29-22-12-7-19(8-13-22)23-15-26-24-14-9-20(16-27(23)24)18-5-10-21(11-6-18)25(3,4)28/h5-17,28H,1-4H3. The van der Waals surface area contributed by atoms with E-state index in [4.69, 9.17) is 4.74 Å². The third-order valence-corrected chi connectivity index (χ3v) is 4.95. The summed E-state index contributed by atoms with van der Waals surface area (Å²) >= 11 is 0. The van der Waals surface area contributed by atoms with Crippen molar-refractivity contribution in [2.75, 3.05) is 0 Å². The number of fused-ring (bicyclic) bond motifs is 1. The Bertz CT molecular complexity index is 1120. The van der Waals surface area contributed by atoms with Crippen molar-refractivity contribution >= 4 is 5.65 Å². The first-order valence-corrected chi connectivity index (χ1v) is 9.89. The largest absolute Gasteiger partial charge is 0.491 e. The molecular formula is C25H26N2O2. The zero-order valence-electron chi connectivity index (χ0n) is 17.3. The molecule has 4 nitrogen and oxygen atoms in total. The summed E-state index contributed by atoms with van der Waals surface area (Å²) in [5, 5.41) is 10.2. The maximum atomic E-state index is 10.2. The van der Waals surface area contributed by atoms with Gasteiger partial charge in [0.2, 0.25) is 0 Å². The Morgan fingerprint density at radius 1 is 0.862 bits per heavy atom. The van der Waals surface area contributed by atoms with Crippen molar-refractivity contribution < 1.29 is 9.84 Å². The van der Waals surface area contributed by atoms with Gasteiger partial charge in [-0.25, -0.2) is 4.98 Å². The molecule has 0 amide bonds. The molecule has 0 spiro atoms. The van der Waals surface area contributed by atoms with Crippen LogP contribution in [0.1, 0.15) is 33.3 Å². The second kappa shape index (κ2) is 7.37. The molecule has 148 valence electrons. The first kappa shape index (κ1) is 19.2. The molecule has 2 aromatic carbocycles. The molecule has 4 rings (SSSR count). The van der Waals surface area contributed by atoms with E-state index in [1.165, 1.54) is 0 Å². The van der Waals surface area contributed by atoms with Gasteiger partial charge in [-0.1, -0.05) is 24.3 Å². The van der Waals surface area contributed by atoms with E-state index in [1.807, 2.05) is 62.5 Å². The Labute approximate surface area is 171 Å². The molecule has 0 aliphatic carbocycles. The van der Waals surface area contributed by atoms with Crippen LogP contribution in [0.15, 0.2) is 73.1 Å². The summed E-state index contributed by atoms with van der Waals surface area (Å²) in [6, 6.07) is 20.2. The minimum absolute atomic E-state index is 0.155. The maximum Gasteiger partial charge on any atom is 0.137 e. The fraction of sp³-hybridized carbons (Fsp3) is 0.240. The van der Waals surface area contributed by atoms with E-state index in [2.05, 4.69) is 33.8 Å². The number of hydrogen-bond acceptors (Lipinski definition) is 3. The molecule has 4 aromatic rings. The Balaban J connectivity index is 1.69. The highest BCUT2D eigenvalue weighted by Crippen LogP contribution is 2.28. The molecule has 0 saturated heterocycles. The first-order valence-electron chi connectivity index (χ1n) is 9.89. The molecule has 0 atom stereocenters. The number of aliphatic hydroxyl groups is 1. The number of aromatic nitrogens is 2. The van der Waals surface area contributed by atoms with Crippen LogP contribution in [0.2, 0.25) is 0 Å². The Hall–Kier alpha value is -3.11. The fourth-order valence-electron chi connectivity index (χ4n) is 3.41. The molecule has 0 bridgehead atoms. The molecule has 0 aliphatic rings. The lowest BCUT2D eigenvalue weighted by Crippen LogP contribution is -2.14. The van der Waals surface area contributed by atoms with E-state index in [-0.39, 0.29) is 6.10 Å². The average Bonchev–Trinajstić information content (AvgIpc) is 3.11. The third-order valence-electron chi connectivity index (χ3n) is 4.95. The molecular weight excluding hydrogens is 360 g/mol. The van der Waals surface area contributed by atoms with Crippen molar-refractivity contribution in [1.82, 2.24) is 9.38 Å². The summed E-state index contributed by atoms with van der Waals surface area (Å²) in [4.78, 5) is 4.55. The van der Waals surface area contributed by atoms with Crippen LogP contribution in [0.3, 0.4) is 0 Å². The smallest absolute Gasteiger partial charge is 0.137 e. The quantitative estimate of drug-likeness (QED) is 0.480. The predicted molar refractivity (Wildman–Crippen MR) is 117 cm³/mol. The number of pyridine rings is 1. The van der Waals surface area contributed by atoms with Crippen molar-refractivity contribution in [2.45, 2.75) is 39.4 Å². The zero-order valence-corrected chi connectivity index (χ0v) is 17.3. The maximum absolute atomic E-state index is 10.2. The lowest BCUT2D eigenvalue weighted by Gasteiger charge is -2.18. The van der Waals surface area contributed by atoms with Crippen LogP contribution < -0.4 is 4.74 Å². The van der Waals surface area contributed by atoms with Gasteiger partial charge >= 0.3 is 0 Å². The van der Waals surface area contributed by atoms with Gasteiger partial charge in [0.1, 0.15) is 11.4 Å². The van der Waals surface area contributed by atoms with Crippen LogP contribution in [0.4, 0.5) is 0 Å². The zero-order chi connectivity index (χ0) is 20.6. The van der Waals surface area contributed by atoms with Gasteiger partial charge in [-0.2, -0.15) is 0 Å². The van der Waals surface area contributed by atoms with Gasteiger partial charge in [-0.3, -0.25) is 4.40 Å². The third kappa shape index (κ3) is 4.03. The van der Waals surface area contributed by atoms with Gasteiger partial charge in [-0.15, -0.1) is 0 Å². The van der Waals surface area contributed by atoms with Crippen LogP contribution in [-0.4, -0.2) is 20.6 Å². The molecule has 0 fully saturated rings. The minimum atomic E-state index is -0.842. The number of rotatable bonds is 5. The number of ether oxygens (including phenoxy) is 1. The van der Waals surface area contributed by atoms with Crippen LogP contribution in [0, 0.1) is 0 Å². The van der Waals surface area contributed by atoms with Gasteiger partial charge in [0.25, 0.3) is 0 Å². The van der Waals surface area contributed by atoms with Gasteiger partial charge in [0.15, 0.2) is 0 Å². The van der Waals surface area contributed by atoms with Gasteiger partial charge < -0.3 is 9.84 Å². The highest BCUT2D eigenvalue weighted by Gasteiger charge is 2.15. The summed E-state index contributed by atoms with van der Waals surface area (Å²) in [5.41, 5.74) is 5.27. The van der Waals surface area contributed by atoms with Crippen LogP contribution >= 0.6 is 0 Å². The molecule has 0 saturated carbocycles. The first-order chi connectivity index (χ1) is 13.8. The SMILES string of the molecule is CC(C)Oc1ccc(-c2cnc3ccc(-c4ccc(C(C)(C)O)cc4)cn23)cc1. The van der Waals surface area contributed by atoms with E-state index < -0.39 is 5.60 Å². The number of hydrogen-bond donors (Lipinski definition) is 1. The summed E-state index contributed by atoms with van der Waals surface area (Å²) in [5.74, 6) is 0.866. The minimum Gasteiger partial charge on any atom is -0.491 e. The monoisotopic (exact) mass is 386 g/mol. The number of benzene rings is 2. The second-order valence-electron chi connectivity index (χ2n) is 8.12. The topological polar surface area (TPSA) is 46.8 Å². The van der Waals surface area contributed by atoms with Gasteiger partial charge in [0, 0.05) is 11.8 Å². The predicted octanol–water partition coefficient (Wildman–Crippen LogP) is 5.68. The van der Waals surface area contributed by atoms with E-state index in [0.717, 1.165) is 39.3 Å². The Morgan fingerprint density at radius 3 is 2.10 bits per heavy atom. The summed E-state index contributed by atoms with van der Waals surface area (Å²) in [6.45, 7) is 7.63. The molecule has 2 heterocycles. The second-order valence-corrected chi connectivity index (χ2v) is 8.12. The molecule has 1 N–H and O–H groups in total. The van der Waals surface area contributed by atoms with Crippen molar-refractivity contribution in [3.63, 3.8) is 0 Å². The molecule has 29 heavy (non-hydrogen) atoms. The normalized spacial score (nSPS) is 11.9. The summed E-state index contributed by atoms with van der Waals surface area (Å²) in [7, 11) is 0. The molecule has 0 aliphatic heterocycles. The van der Waals surface area contributed by atoms with Crippen molar-refractivity contribution in [2.24, 2.45) is 0 Å². The van der Waals surface area contributed by atoms with Gasteiger partial charge in [-0.05, 0) is 80.8 Å². The highest BCUT2D eigenvalue weighted by atomic mass is 16.5. The fourth-order valence-corrected chi connectivity index (χ4v) is 3.41. The Morgan fingerprint density at radius 2 is 1.48 bits per heavy atom. The average molecular weight is 386 g/mol. The molecule has 0 unspecified atom stereocenters.